The van der Waals surface area contributed by atoms with Gasteiger partial charge in [0.15, 0.2) is 0 Å². The van der Waals surface area contributed by atoms with E-state index >= 15 is 0 Å². The Kier molecular flexibility index (Phi) is 2.28. The Morgan fingerprint density at radius 3 is 2.38 bits per heavy atom. The first-order valence-corrected chi connectivity index (χ1v) is 5.04. The minimum atomic E-state index is -0.0119. The lowest BCUT2D eigenvalue weighted by atomic mass is 9.67. The Labute approximate surface area is 78.8 Å². The van der Waals surface area contributed by atoms with Gasteiger partial charge in [-0.25, -0.2) is 0 Å². The second-order valence-corrected chi connectivity index (χ2v) is 4.40. The molecule has 2 rings (SSSR count). The van der Waals surface area contributed by atoms with E-state index in [2.05, 4.69) is 5.32 Å². The van der Waals surface area contributed by atoms with E-state index in [0.717, 1.165) is 25.9 Å². The Morgan fingerprint density at radius 2 is 2.00 bits per heavy atom. The van der Waals surface area contributed by atoms with Crippen molar-refractivity contribution < 1.29 is 9.53 Å². The monoisotopic (exact) mass is 183 g/mol. The predicted molar refractivity (Wildman–Crippen MR) is 49.3 cm³/mol. The number of hydrogen-bond acceptors (Lipinski definition) is 3. The first kappa shape index (κ1) is 9.00. The van der Waals surface area contributed by atoms with Crippen LogP contribution in [-0.2, 0) is 9.53 Å². The predicted octanol–water partition coefficient (Wildman–Crippen LogP) is 0.939. The van der Waals surface area contributed by atoms with E-state index in [1.807, 2.05) is 0 Å². The standard InChI is InChI=1S/C10H17NO2/c1-13-9(12)8-2-4-10(5-3-8)6-11-7-10/h8,11H,2-7H2,1H3. The van der Waals surface area contributed by atoms with E-state index in [9.17, 15) is 4.79 Å². The maximum absolute atomic E-state index is 11.2. The average molecular weight is 183 g/mol. The van der Waals surface area contributed by atoms with Crippen molar-refractivity contribution in [2.24, 2.45) is 11.3 Å². The molecule has 1 saturated heterocycles. The zero-order chi connectivity index (χ0) is 9.31. The highest BCUT2D eigenvalue weighted by Crippen LogP contribution is 2.41. The average Bonchev–Trinajstić information content (AvgIpc) is 2.14. The van der Waals surface area contributed by atoms with Gasteiger partial charge in [0, 0.05) is 13.1 Å². The lowest BCUT2D eigenvalue weighted by molar-refractivity contribution is -0.147. The Balaban J connectivity index is 1.85. The van der Waals surface area contributed by atoms with Gasteiger partial charge in [-0.3, -0.25) is 4.79 Å². The molecule has 2 aliphatic rings. The minimum absolute atomic E-state index is 0.0119. The van der Waals surface area contributed by atoms with Gasteiger partial charge >= 0.3 is 5.97 Å². The SMILES string of the molecule is COC(=O)C1CCC2(CC1)CNC2. The summed E-state index contributed by atoms with van der Waals surface area (Å²) in [6.45, 7) is 2.31. The van der Waals surface area contributed by atoms with Gasteiger partial charge in [-0.15, -0.1) is 0 Å². The van der Waals surface area contributed by atoms with E-state index in [4.69, 9.17) is 4.74 Å². The summed E-state index contributed by atoms with van der Waals surface area (Å²) >= 11 is 0. The molecule has 1 aliphatic carbocycles. The molecule has 1 spiro atoms. The van der Waals surface area contributed by atoms with Crippen LogP contribution in [0.3, 0.4) is 0 Å². The number of rotatable bonds is 1. The van der Waals surface area contributed by atoms with Crippen LogP contribution < -0.4 is 5.32 Å². The van der Waals surface area contributed by atoms with Crippen LogP contribution >= 0.6 is 0 Å². The van der Waals surface area contributed by atoms with E-state index in [1.165, 1.54) is 20.0 Å². The van der Waals surface area contributed by atoms with E-state index < -0.39 is 0 Å². The van der Waals surface area contributed by atoms with Crippen molar-refractivity contribution in [2.45, 2.75) is 25.7 Å². The lowest BCUT2D eigenvalue weighted by Crippen LogP contribution is -2.55. The fourth-order valence-corrected chi connectivity index (χ4v) is 2.46. The summed E-state index contributed by atoms with van der Waals surface area (Å²) in [5.74, 6) is 0.165. The molecule has 0 bridgehead atoms. The van der Waals surface area contributed by atoms with Gasteiger partial charge in [0.05, 0.1) is 13.0 Å². The number of carbonyl (C=O) groups is 1. The first-order chi connectivity index (χ1) is 6.26. The van der Waals surface area contributed by atoms with Gasteiger partial charge in [0.2, 0.25) is 0 Å². The van der Waals surface area contributed by atoms with Crippen molar-refractivity contribution in [3.63, 3.8) is 0 Å². The molecular formula is C10H17NO2. The Bertz CT molecular complexity index is 201. The van der Waals surface area contributed by atoms with E-state index in [1.54, 1.807) is 0 Å². The van der Waals surface area contributed by atoms with Gasteiger partial charge in [0.25, 0.3) is 0 Å². The summed E-state index contributed by atoms with van der Waals surface area (Å²) in [6.07, 6.45) is 4.43. The molecule has 74 valence electrons. The highest BCUT2D eigenvalue weighted by molar-refractivity contribution is 5.72. The fourth-order valence-electron chi connectivity index (χ4n) is 2.46. The van der Waals surface area contributed by atoms with Crippen LogP contribution in [0.4, 0.5) is 0 Å². The summed E-state index contributed by atoms with van der Waals surface area (Å²) < 4.78 is 4.75. The molecule has 3 heteroatoms. The molecule has 2 fully saturated rings. The summed E-state index contributed by atoms with van der Waals surface area (Å²) in [7, 11) is 1.48. The first-order valence-electron chi connectivity index (χ1n) is 5.04. The van der Waals surface area contributed by atoms with E-state index in [0.29, 0.717) is 5.41 Å². The van der Waals surface area contributed by atoms with Crippen molar-refractivity contribution in [2.75, 3.05) is 20.2 Å². The van der Waals surface area contributed by atoms with Gasteiger partial charge < -0.3 is 10.1 Å². The maximum Gasteiger partial charge on any atom is 0.308 e. The maximum atomic E-state index is 11.2. The molecule has 0 aromatic heterocycles. The third kappa shape index (κ3) is 1.57. The summed E-state index contributed by atoms with van der Waals surface area (Å²) in [4.78, 5) is 11.2. The smallest absolute Gasteiger partial charge is 0.308 e. The Hall–Kier alpha value is -0.570. The number of hydrogen-bond donors (Lipinski definition) is 1. The highest BCUT2D eigenvalue weighted by Gasteiger charge is 2.41. The molecule has 0 aromatic carbocycles. The summed E-state index contributed by atoms with van der Waals surface area (Å²) in [5, 5.41) is 3.31. The molecule has 1 heterocycles. The van der Waals surface area contributed by atoms with Crippen LogP contribution in [0.5, 0.6) is 0 Å². The number of esters is 1. The third-order valence-corrected chi connectivity index (χ3v) is 3.58. The van der Waals surface area contributed by atoms with Crippen molar-refractivity contribution in [1.29, 1.82) is 0 Å². The van der Waals surface area contributed by atoms with Gasteiger partial charge in [-0.2, -0.15) is 0 Å². The molecule has 1 saturated carbocycles. The molecular weight excluding hydrogens is 166 g/mol. The highest BCUT2D eigenvalue weighted by atomic mass is 16.5. The third-order valence-electron chi connectivity index (χ3n) is 3.58. The number of ether oxygens (including phenoxy) is 1. The quantitative estimate of drug-likeness (QED) is 0.615. The molecule has 0 aromatic rings. The number of carbonyl (C=O) groups excluding carboxylic acids is 1. The van der Waals surface area contributed by atoms with Crippen LogP contribution in [-0.4, -0.2) is 26.2 Å². The van der Waals surface area contributed by atoms with Gasteiger partial charge in [-0.05, 0) is 31.1 Å². The second kappa shape index (κ2) is 3.29. The molecule has 13 heavy (non-hydrogen) atoms. The molecule has 1 N–H and O–H groups in total. The zero-order valence-electron chi connectivity index (χ0n) is 8.14. The van der Waals surface area contributed by atoms with Gasteiger partial charge in [0.1, 0.15) is 0 Å². The van der Waals surface area contributed by atoms with Crippen molar-refractivity contribution in [3.05, 3.63) is 0 Å². The fraction of sp³-hybridized carbons (Fsp3) is 0.900. The lowest BCUT2D eigenvalue weighted by Gasteiger charge is -2.46. The molecule has 1 aliphatic heterocycles. The minimum Gasteiger partial charge on any atom is -0.469 e. The topological polar surface area (TPSA) is 38.3 Å². The number of nitrogens with one attached hydrogen (secondary N) is 1. The van der Waals surface area contributed by atoms with Gasteiger partial charge in [-0.1, -0.05) is 0 Å². The number of methoxy groups -OCH3 is 1. The van der Waals surface area contributed by atoms with E-state index in [-0.39, 0.29) is 11.9 Å². The van der Waals surface area contributed by atoms with Crippen LogP contribution in [0.25, 0.3) is 0 Å². The molecule has 0 amide bonds. The largest absolute Gasteiger partial charge is 0.469 e. The second-order valence-electron chi connectivity index (χ2n) is 4.40. The van der Waals surface area contributed by atoms with Crippen LogP contribution in [0.15, 0.2) is 0 Å². The molecule has 3 nitrogen and oxygen atoms in total. The normalized spacial score (nSPS) is 26.8. The zero-order valence-corrected chi connectivity index (χ0v) is 8.14. The van der Waals surface area contributed by atoms with Crippen molar-refractivity contribution >= 4 is 5.97 Å². The van der Waals surface area contributed by atoms with Crippen LogP contribution in [0, 0.1) is 11.3 Å². The van der Waals surface area contributed by atoms with Crippen LogP contribution in [0.1, 0.15) is 25.7 Å². The van der Waals surface area contributed by atoms with Crippen molar-refractivity contribution in [1.82, 2.24) is 5.32 Å². The van der Waals surface area contributed by atoms with Crippen LogP contribution in [0.2, 0.25) is 0 Å². The van der Waals surface area contributed by atoms with Crippen molar-refractivity contribution in [3.8, 4) is 0 Å². The molecule has 0 unspecified atom stereocenters. The summed E-state index contributed by atoms with van der Waals surface area (Å²) in [6, 6.07) is 0. The summed E-state index contributed by atoms with van der Waals surface area (Å²) in [5.41, 5.74) is 0.546. The molecule has 0 atom stereocenters. The molecule has 0 radical (unpaired) electrons. The Morgan fingerprint density at radius 1 is 1.38 bits per heavy atom.